The Balaban J connectivity index is 0.000000747. The minimum Gasteiger partial charge on any atom is -0.550 e. The lowest BCUT2D eigenvalue weighted by atomic mass is 10.1. The second-order valence-electron chi connectivity index (χ2n) is 8.64. The van der Waals surface area contributed by atoms with Gasteiger partial charge in [0.05, 0.1) is 19.1 Å². The number of nitrogens with zero attached hydrogens (tertiary/aromatic N) is 3. The van der Waals surface area contributed by atoms with E-state index in [1.54, 1.807) is 7.11 Å². The maximum Gasteiger partial charge on any atom is 0.223 e. The number of aliphatic imine (C=N–C) groups is 1. The van der Waals surface area contributed by atoms with E-state index in [2.05, 4.69) is 35.0 Å². The summed E-state index contributed by atoms with van der Waals surface area (Å²) in [6.45, 7) is 4.97. The Morgan fingerprint density at radius 3 is 2.35 bits per heavy atom. The average molecular weight is 496 g/mol. The maximum absolute atomic E-state index is 11.0. The van der Waals surface area contributed by atoms with Crippen LogP contribution in [0, 0.1) is 13.8 Å². The lowest BCUT2D eigenvalue weighted by molar-refractivity contribution is -0.582. The van der Waals surface area contributed by atoms with Gasteiger partial charge >= 0.3 is 0 Å². The Labute approximate surface area is 216 Å². The van der Waals surface area contributed by atoms with E-state index >= 15 is 0 Å². The number of ether oxygens (including phenoxy) is 1. The maximum atomic E-state index is 11.0. The van der Waals surface area contributed by atoms with Gasteiger partial charge in [0.15, 0.2) is 11.9 Å². The van der Waals surface area contributed by atoms with Crippen molar-refractivity contribution in [3.8, 4) is 17.3 Å². The molecule has 1 aliphatic heterocycles. The predicted octanol–water partition coefficient (Wildman–Crippen LogP) is 4.07. The van der Waals surface area contributed by atoms with Crippen molar-refractivity contribution in [3.05, 3.63) is 107 Å². The lowest BCUT2D eigenvalue weighted by Gasteiger charge is -2.07. The van der Waals surface area contributed by atoms with Crippen LogP contribution in [0.15, 0.2) is 89.6 Å². The molecule has 0 atom stereocenters. The third kappa shape index (κ3) is 5.30. The van der Waals surface area contributed by atoms with Crippen molar-refractivity contribution in [3.63, 3.8) is 0 Å². The summed E-state index contributed by atoms with van der Waals surface area (Å²) in [6, 6.07) is 24.1. The zero-order valence-corrected chi connectivity index (χ0v) is 21.3. The molecule has 5 rings (SSSR count). The monoisotopic (exact) mass is 495 g/mol. The Hall–Kier alpha value is -4.65. The molecule has 0 saturated carbocycles. The summed E-state index contributed by atoms with van der Waals surface area (Å²) in [4.78, 5) is 13.7. The quantitative estimate of drug-likeness (QED) is 0.334. The summed E-state index contributed by atoms with van der Waals surface area (Å²) >= 11 is 0. The van der Waals surface area contributed by atoms with Gasteiger partial charge in [-0.1, -0.05) is 24.3 Å². The number of para-hydroxylation sites is 1. The zero-order valence-electron chi connectivity index (χ0n) is 21.3. The first-order chi connectivity index (χ1) is 17.8. The van der Waals surface area contributed by atoms with Crippen LogP contribution in [0.25, 0.3) is 11.4 Å². The molecule has 0 radical (unpaired) electrons. The lowest BCUT2D eigenvalue weighted by Crippen LogP contribution is -2.33. The van der Waals surface area contributed by atoms with Gasteiger partial charge in [-0.15, -0.1) is 0 Å². The summed E-state index contributed by atoms with van der Waals surface area (Å²) in [6.07, 6.45) is 4.74. The third-order valence-electron chi connectivity index (χ3n) is 6.25. The van der Waals surface area contributed by atoms with Crippen LogP contribution in [-0.2, 0) is 11.2 Å². The Bertz CT molecular complexity index is 1480. The number of hydrogen-bond acceptors (Lipinski definition) is 5. The van der Waals surface area contributed by atoms with Crippen LogP contribution in [0.2, 0.25) is 0 Å². The number of carbonyl (C=O) groups excluding carboxylic acids is 1. The SMILES string of the molecule is CC(=O)[O-].COc1ccc(C2=C(C=Nc3c(C)c(C)n(-c4ccccc4)c3O)Cc3cccc[n+]32)cc1. The highest BCUT2D eigenvalue weighted by molar-refractivity contribution is 5.92. The van der Waals surface area contributed by atoms with Crippen LogP contribution in [0.5, 0.6) is 11.6 Å². The van der Waals surface area contributed by atoms with Gasteiger partial charge < -0.3 is 19.7 Å². The fourth-order valence-electron chi connectivity index (χ4n) is 4.42. The van der Waals surface area contributed by atoms with E-state index in [0.29, 0.717) is 5.69 Å². The number of fused-ring (bicyclic) bond motifs is 1. The van der Waals surface area contributed by atoms with Gasteiger partial charge in [-0.2, -0.15) is 4.57 Å². The fraction of sp³-hybridized carbons (Fsp3) is 0.167. The number of carboxylic acid groups (broad SMARTS) is 1. The smallest absolute Gasteiger partial charge is 0.223 e. The molecule has 1 aliphatic rings. The Kier molecular flexibility index (Phi) is 7.53. The third-order valence-corrected chi connectivity index (χ3v) is 6.25. The summed E-state index contributed by atoms with van der Waals surface area (Å²) < 4.78 is 9.38. The van der Waals surface area contributed by atoms with Crippen molar-refractivity contribution >= 4 is 23.6 Å². The standard InChI is InChI=1S/C28H25N3O2.C2H4O2/c1-19-20(2)31(23-9-5-4-6-10-23)28(32)26(19)29-18-22-17-24-11-7-8-16-30(24)27(22)21-12-14-25(33-3)15-13-21;1-2(3)4/h4-16,18H,17H2,1-3H3;1H3,(H,3,4). The summed E-state index contributed by atoms with van der Waals surface area (Å²) in [5.41, 5.74) is 7.91. The van der Waals surface area contributed by atoms with Gasteiger partial charge in [0.1, 0.15) is 11.4 Å². The van der Waals surface area contributed by atoms with Crippen LogP contribution in [0.1, 0.15) is 29.4 Å². The first-order valence-corrected chi connectivity index (χ1v) is 11.9. The number of pyridine rings is 1. The minimum atomic E-state index is -1.08. The largest absolute Gasteiger partial charge is 0.550 e. The van der Waals surface area contributed by atoms with E-state index in [0.717, 1.165) is 52.9 Å². The van der Waals surface area contributed by atoms with Gasteiger partial charge in [-0.25, -0.2) is 0 Å². The van der Waals surface area contributed by atoms with Crippen molar-refractivity contribution in [2.45, 2.75) is 27.2 Å². The fourth-order valence-corrected chi connectivity index (χ4v) is 4.42. The second kappa shape index (κ2) is 11.0. The van der Waals surface area contributed by atoms with E-state index in [-0.39, 0.29) is 5.88 Å². The number of allylic oxidation sites excluding steroid dienone is 1. The van der Waals surface area contributed by atoms with Crippen molar-refractivity contribution in [1.82, 2.24) is 4.57 Å². The number of benzene rings is 2. The molecule has 0 bridgehead atoms. The molecule has 2 aromatic carbocycles. The molecule has 0 spiro atoms. The second-order valence-corrected chi connectivity index (χ2v) is 8.64. The highest BCUT2D eigenvalue weighted by Gasteiger charge is 2.30. The van der Waals surface area contributed by atoms with Crippen molar-refractivity contribution < 1.29 is 24.3 Å². The number of aliphatic carboxylic acids is 1. The molecular weight excluding hydrogens is 466 g/mol. The van der Waals surface area contributed by atoms with Crippen molar-refractivity contribution in [2.24, 2.45) is 4.99 Å². The number of methoxy groups -OCH3 is 1. The van der Waals surface area contributed by atoms with Gasteiger partial charge in [0, 0.05) is 41.3 Å². The number of carboxylic acids is 1. The first-order valence-electron chi connectivity index (χ1n) is 11.9. The molecular formula is C30H29N3O4. The molecule has 0 aliphatic carbocycles. The number of hydrogen-bond donors (Lipinski definition) is 1. The van der Waals surface area contributed by atoms with E-state index in [1.807, 2.05) is 73.2 Å². The Morgan fingerprint density at radius 2 is 1.70 bits per heavy atom. The summed E-state index contributed by atoms with van der Waals surface area (Å²) in [5.74, 6) is -0.105. The van der Waals surface area contributed by atoms with Crippen molar-refractivity contribution in [2.75, 3.05) is 7.11 Å². The molecule has 0 fully saturated rings. The van der Waals surface area contributed by atoms with Gasteiger partial charge in [0.25, 0.3) is 0 Å². The van der Waals surface area contributed by atoms with Crippen molar-refractivity contribution in [1.29, 1.82) is 0 Å². The number of aromatic hydroxyl groups is 1. The zero-order chi connectivity index (χ0) is 26.5. The van der Waals surface area contributed by atoms with Gasteiger partial charge in [-0.3, -0.25) is 9.56 Å². The van der Waals surface area contributed by atoms with E-state index in [1.165, 1.54) is 5.69 Å². The molecule has 4 aromatic rings. The number of rotatable bonds is 5. The highest BCUT2D eigenvalue weighted by Crippen LogP contribution is 2.38. The molecule has 0 saturated heterocycles. The van der Waals surface area contributed by atoms with Crippen LogP contribution < -0.4 is 14.4 Å². The molecule has 3 heterocycles. The normalized spacial score (nSPS) is 12.3. The van der Waals surface area contributed by atoms with Gasteiger partial charge in [0.2, 0.25) is 11.6 Å². The molecule has 7 nitrogen and oxygen atoms in total. The van der Waals surface area contributed by atoms with E-state index in [4.69, 9.17) is 19.6 Å². The molecule has 0 amide bonds. The van der Waals surface area contributed by atoms with Crippen LogP contribution in [0.3, 0.4) is 0 Å². The Morgan fingerprint density at radius 1 is 1.05 bits per heavy atom. The number of carbonyl (C=O) groups is 1. The molecule has 2 aromatic heterocycles. The van der Waals surface area contributed by atoms with E-state index < -0.39 is 5.97 Å². The molecule has 1 N–H and O–H groups in total. The number of aromatic nitrogens is 2. The van der Waals surface area contributed by atoms with Crippen LogP contribution in [0.4, 0.5) is 5.69 Å². The predicted molar refractivity (Wildman–Crippen MR) is 141 cm³/mol. The topological polar surface area (TPSA) is 90.8 Å². The van der Waals surface area contributed by atoms with E-state index in [9.17, 15) is 5.11 Å². The molecule has 188 valence electrons. The average Bonchev–Trinajstić information content (AvgIpc) is 3.37. The van der Waals surface area contributed by atoms with Crippen LogP contribution in [-0.4, -0.2) is 29.0 Å². The van der Waals surface area contributed by atoms with Gasteiger partial charge in [-0.05, 0) is 62.7 Å². The minimum absolute atomic E-state index is 0.155. The summed E-state index contributed by atoms with van der Waals surface area (Å²) in [5, 5.41) is 19.9. The van der Waals surface area contributed by atoms with Crippen LogP contribution >= 0.6 is 0 Å². The highest BCUT2D eigenvalue weighted by atomic mass is 16.5. The molecule has 7 heteroatoms. The molecule has 37 heavy (non-hydrogen) atoms. The first kappa shape index (κ1) is 25.4. The molecule has 0 unspecified atom stereocenters. The summed E-state index contributed by atoms with van der Waals surface area (Å²) in [7, 11) is 1.67.